The van der Waals surface area contributed by atoms with Gasteiger partial charge in [-0.05, 0) is 89.9 Å². The molecule has 0 spiro atoms. The maximum atomic E-state index is 13.3. The molecule has 0 saturated heterocycles. The third kappa shape index (κ3) is 3.93. The van der Waals surface area contributed by atoms with E-state index in [0.717, 1.165) is 25.7 Å². The number of hydrogen-bond acceptors (Lipinski definition) is 5. The Bertz CT molecular complexity index is 816. The lowest BCUT2D eigenvalue weighted by Crippen LogP contribution is -2.59. The van der Waals surface area contributed by atoms with Gasteiger partial charge in [0.25, 0.3) is 0 Å². The molecular weight excluding hydrogens is 428 g/mol. The minimum Gasteiger partial charge on any atom is -0.390 e. The molecule has 0 heterocycles. The summed E-state index contributed by atoms with van der Waals surface area (Å²) in [6.45, 7) is 16.8. The summed E-state index contributed by atoms with van der Waals surface area (Å²) in [6.07, 6.45) is 2.28. The molecule has 4 aliphatic carbocycles. The molecule has 4 saturated carbocycles. The van der Waals surface area contributed by atoms with Crippen molar-refractivity contribution in [2.75, 3.05) is 0 Å². The van der Waals surface area contributed by atoms with Crippen LogP contribution in [0.5, 0.6) is 0 Å². The Kier molecular flexibility index (Phi) is 6.72. The van der Waals surface area contributed by atoms with E-state index < -0.39 is 24.4 Å². The number of hydrogen-bond donors (Lipinski definition) is 4. The largest absolute Gasteiger partial charge is 0.390 e. The number of carbonyl (C=O) groups excluding carboxylic acids is 1. The molecule has 12 atom stereocenters. The van der Waals surface area contributed by atoms with Crippen molar-refractivity contribution in [3.63, 3.8) is 0 Å². The van der Waals surface area contributed by atoms with Gasteiger partial charge in [-0.2, -0.15) is 0 Å². The predicted molar refractivity (Wildman–Crippen MR) is 133 cm³/mol. The van der Waals surface area contributed by atoms with Crippen LogP contribution in [0.1, 0.15) is 86.5 Å². The molecule has 0 radical (unpaired) electrons. The van der Waals surface area contributed by atoms with Gasteiger partial charge < -0.3 is 20.4 Å². The first-order valence-corrected chi connectivity index (χ1v) is 13.6. The van der Waals surface area contributed by atoms with Crippen LogP contribution in [-0.4, -0.2) is 50.6 Å². The zero-order valence-electron chi connectivity index (χ0n) is 22.1. The van der Waals surface area contributed by atoms with E-state index in [9.17, 15) is 25.2 Å². The number of aliphatic hydroxyl groups is 4. The Balaban J connectivity index is 1.56. The second-order valence-electron chi connectivity index (χ2n) is 14.0. The molecule has 0 aliphatic heterocycles. The summed E-state index contributed by atoms with van der Waals surface area (Å²) >= 11 is 0. The van der Waals surface area contributed by atoms with Crippen LogP contribution in [0.2, 0.25) is 0 Å². The lowest BCUT2D eigenvalue weighted by molar-refractivity contribution is -0.174. The fraction of sp³-hybridized carbons (Fsp3) is 0.897. The van der Waals surface area contributed by atoms with E-state index in [1.165, 1.54) is 0 Å². The van der Waals surface area contributed by atoms with Gasteiger partial charge in [0.15, 0.2) is 0 Å². The number of fused-ring (bicyclic) bond motifs is 5. The molecule has 0 unspecified atom stereocenters. The quantitative estimate of drug-likeness (QED) is 0.458. The summed E-state index contributed by atoms with van der Waals surface area (Å²) in [5.74, 6) is 1.46. The molecule has 4 rings (SSSR count). The highest BCUT2D eigenvalue weighted by Crippen LogP contribution is 2.67. The molecular formula is C29H48O5. The predicted octanol–water partition coefficient (Wildman–Crippen LogP) is 4.12. The van der Waals surface area contributed by atoms with Gasteiger partial charge in [0.2, 0.25) is 0 Å². The lowest BCUT2D eigenvalue weighted by Gasteiger charge is -2.61. The Morgan fingerprint density at radius 2 is 1.65 bits per heavy atom. The van der Waals surface area contributed by atoms with Gasteiger partial charge in [-0.15, -0.1) is 0 Å². The third-order valence-corrected chi connectivity index (χ3v) is 11.4. The van der Waals surface area contributed by atoms with Crippen molar-refractivity contribution < 1.29 is 25.2 Å². The zero-order valence-corrected chi connectivity index (χ0v) is 22.1. The number of ketones is 1. The Labute approximate surface area is 206 Å². The zero-order chi connectivity index (χ0) is 25.4. The molecule has 4 fully saturated rings. The summed E-state index contributed by atoms with van der Waals surface area (Å²) < 4.78 is 0. The van der Waals surface area contributed by atoms with Gasteiger partial charge >= 0.3 is 0 Å². The molecule has 34 heavy (non-hydrogen) atoms. The van der Waals surface area contributed by atoms with Crippen LogP contribution in [0, 0.1) is 51.8 Å². The summed E-state index contributed by atoms with van der Waals surface area (Å²) in [4.78, 5) is 13.3. The summed E-state index contributed by atoms with van der Waals surface area (Å²) in [5.41, 5.74) is 0.183. The van der Waals surface area contributed by atoms with Crippen LogP contribution in [0.4, 0.5) is 0 Å². The van der Waals surface area contributed by atoms with Gasteiger partial charge in [-0.1, -0.05) is 48.1 Å². The second-order valence-corrected chi connectivity index (χ2v) is 14.0. The van der Waals surface area contributed by atoms with Crippen molar-refractivity contribution in [1.29, 1.82) is 0 Å². The average molecular weight is 477 g/mol. The van der Waals surface area contributed by atoms with Crippen LogP contribution >= 0.6 is 0 Å². The molecule has 0 aromatic heterocycles. The van der Waals surface area contributed by atoms with Gasteiger partial charge in [0.05, 0.1) is 18.3 Å². The molecule has 0 bridgehead atoms. The van der Waals surface area contributed by atoms with Crippen LogP contribution < -0.4 is 0 Å². The molecule has 5 nitrogen and oxygen atoms in total. The number of carbonyl (C=O) groups is 1. The fourth-order valence-corrected chi connectivity index (χ4v) is 9.15. The SMILES string of the molecule is C=C([C@@H](O)[C@H](O)[C@@H](C)[C@H]1CC[C@H]2[C@@H]3CC(=O)[C@H]4C[C@H](O)[C@H](O)C[C@]4(C)[C@H]3CC[C@]12C)C(C)(C)C. The van der Waals surface area contributed by atoms with E-state index >= 15 is 0 Å². The minimum absolute atomic E-state index is 0.0284. The third-order valence-electron chi connectivity index (χ3n) is 11.4. The monoisotopic (exact) mass is 476 g/mol. The fourth-order valence-electron chi connectivity index (χ4n) is 9.15. The highest BCUT2D eigenvalue weighted by atomic mass is 16.3. The van der Waals surface area contributed by atoms with Crippen LogP contribution in [0.3, 0.4) is 0 Å². The van der Waals surface area contributed by atoms with Gasteiger partial charge in [-0.25, -0.2) is 0 Å². The van der Waals surface area contributed by atoms with E-state index in [4.69, 9.17) is 0 Å². The Hall–Kier alpha value is -0.750. The maximum absolute atomic E-state index is 13.3. The van der Waals surface area contributed by atoms with E-state index in [-0.39, 0.29) is 39.8 Å². The van der Waals surface area contributed by atoms with Crippen molar-refractivity contribution in [3.8, 4) is 0 Å². The van der Waals surface area contributed by atoms with E-state index in [2.05, 4.69) is 27.4 Å². The van der Waals surface area contributed by atoms with Gasteiger partial charge in [-0.3, -0.25) is 4.79 Å². The molecule has 5 heteroatoms. The van der Waals surface area contributed by atoms with Crippen molar-refractivity contribution in [2.45, 2.75) is 111 Å². The first kappa shape index (κ1) is 26.3. The minimum atomic E-state index is -0.944. The van der Waals surface area contributed by atoms with E-state index in [1.807, 2.05) is 20.8 Å². The van der Waals surface area contributed by atoms with Crippen LogP contribution in [0.15, 0.2) is 12.2 Å². The smallest absolute Gasteiger partial charge is 0.136 e. The van der Waals surface area contributed by atoms with E-state index in [1.54, 1.807) is 0 Å². The first-order valence-electron chi connectivity index (χ1n) is 13.6. The molecule has 0 aromatic carbocycles. The van der Waals surface area contributed by atoms with Crippen molar-refractivity contribution in [3.05, 3.63) is 12.2 Å². The van der Waals surface area contributed by atoms with E-state index in [0.29, 0.717) is 42.6 Å². The highest BCUT2D eigenvalue weighted by molar-refractivity contribution is 5.83. The summed E-state index contributed by atoms with van der Waals surface area (Å²) in [6, 6.07) is 0. The average Bonchev–Trinajstić information content (AvgIpc) is 3.10. The summed E-state index contributed by atoms with van der Waals surface area (Å²) in [5, 5.41) is 42.9. The number of Topliss-reactive ketones (excluding diaryl/α,β-unsaturated/α-hetero) is 1. The van der Waals surface area contributed by atoms with Crippen molar-refractivity contribution in [1.82, 2.24) is 0 Å². The summed E-state index contributed by atoms with van der Waals surface area (Å²) in [7, 11) is 0. The van der Waals surface area contributed by atoms with Crippen molar-refractivity contribution >= 4 is 5.78 Å². The van der Waals surface area contributed by atoms with Gasteiger partial charge in [0.1, 0.15) is 11.9 Å². The number of rotatable bonds is 4. The number of aliphatic hydroxyl groups excluding tert-OH is 4. The molecule has 0 amide bonds. The lowest BCUT2D eigenvalue weighted by atomic mass is 9.44. The van der Waals surface area contributed by atoms with Crippen LogP contribution in [0.25, 0.3) is 0 Å². The second kappa shape index (κ2) is 8.68. The standard InChI is InChI=1S/C29H48O5/c1-15(25(33)26(34)16(2)27(3,4)5)18-8-9-19-17-12-22(30)21-13-23(31)24(32)14-29(21,7)20(17)10-11-28(18,19)6/h15,17-21,23-26,31-34H,2,8-14H2,1,3-7H3/t15-,17-,18+,19-,20-,21+,23-,24+,25+,26+,28+,29+/m0/s1. The maximum Gasteiger partial charge on any atom is 0.136 e. The Morgan fingerprint density at radius 3 is 2.26 bits per heavy atom. The molecule has 4 N–H and O–H groups in total. The molecule has 194 valence electrons. The highest BCUT2D eigenvalue weighted by Gasteiger charge is 2.63. The van der Waals surface area contributed by atoms with Crippen LogP contribution in [-0.2, 0) is 4.79 Å². The van der Waals surface area contributed by atoms with Crippen molar-refractivity contribution in [2.24, 2.45) is 51.8 Å². The first-order chi connectivity index (χ1) is 15.6. The van der Waals surface area contributed by atoms with Gasteiger partial charge in [0, 0.05) is 12.3 Å². The normalized spacial score (nSPS) is 47.2. The molecule has 4 aliphatic rings. The topological polar surface area (TPSA) is 98.0 Å². The molecule has 0 aromatic rings. The Morgan fingerprint density at radius 1 is 1.03 bits per heavy atom.